The summed E-state index contributed by atoms with van der Waals surface area (Å²) in [5.74, 6) is 0.783. The van der Waals surface area contributed by atoms with Crippen LogP contribution < -0.4 is 5.32 Å². The minimum Gasteiger partial charge on any atom is -0.500 e. The van der Waals surface area contributed by atoms with Gasteiger partial charge in [0.25, 0.3) is 5.91 Å². The number of ether oxygens (including phenoxy) is 1. The molecule has 0 aromatic carbocycles. The van der Waals surface area contributed by atoms with E-state index in [1.807, 2.05) is 0 Å². The van der Waals surface area contributed by atoms with Gasteiger partial charge in [0.1, 0.15) is 0 Å². The summed E-state index contributed by atoms with van der Waals surface area (Å²) in [5.41, 5.74) is 0.793. The van der Waals surface area contributed by atoms with Crippen molar-refractivity contribution >= 4 is 5.91 Å². The molecule has 3 heteroatoms. The molecule has 0 spiro atoms. The predicted octanol–water partition coefficient (Wildman–Crippen LogP) is 1.21. The van der Waals surface area contributed by atoms with E-state index in [2.05, 4.69) is 12.2 Å². The molecule has 1 saturated carbocycles. The smallest absolute Gasteiger partial charge is 0.250 e. The Morgan fingerprint density at radius 1 is 1.77 bits per heavy atom. The normalized spacial score (nSPS) is 30.7. The van der Waals surface area contributed by atoms with Crippen molar-refractivity contribution < 1.29 is 9.53 Å². The number of carbonyl (C=O) groups excluding carboxylic acids is 1. The largest absolute Gasteiger partial charge is 0.500 e. The SMILES string of the molecule is CCC1CC1NC(=O)C1=COCC1. The third kappa shape index (κ3) is 1.85. The Hall–Kier alpha value is -0.990. The van der Waals surface area contributed by atoms with Gasteiger partial charge in [-0.05, 0) is 12.3 Å². The Morgan fingerprint density at radius 3 is 3.15 bits per heavy atom. The highest BCUT2D eigenvalue weighted by molar-refractivity contribution is 5.93. The molecule has 1 fully saturated rings. The lowest BCUT2D eigenvalue weighted by Crippen LogP contribution is -2.27. The molecular formula is C10H15NO2. The van der Waals surface area contributed by atoms with Crippen LogP contribution >= 0.6 is 0 Å². The Bertz CT molecular complexity index is 247. The lowest BCUT2D eigenvalue weighted by atomic mass is 10.2. The van der Waals surface area contributed by atoms with Crippen LogP contribution in [0.25, 0.3) is 0 Å². The highest BCUT2D eigenvalue weighted by Crippen LogP contribution is 2.33. The number of carbonyl (C=O) groups is 1. The Labute approximate surface area is 78.1 Å². The Kier molecular flexibility index (Phi) is 2.25. The van der Waals surface area contributed by atoms with Crippen LogP contribution in [-0.4, -0.2) is 18.6 Å². The van der Waals surface area contributed by atoms with Crippen molar-refractivity contribution in [3.63, 3.8) is 0 Å². The molecule has 1 N–H and O–H groups in total. The van der Waals surface area contributed by atoms with E-state index in [1.165, 1.54) is 6.42 Å². The van der Waals surface area contributed by atoms with Crippen LogP contribution in [0.2, 0.25) is 0 Å². The molecule has 1 amide bonds. The van der Waals surface area contributed by atoms with Crippen LogP contribution in [0.5, 0.6) is 0 Å². The topological polar surface area (TPSA) is 38.3 Å². The van der Waals surface area contributed by atoms with Gasteiger partial charge in [-0.25, -0.2) is 0 Å². The van der Waals surface area contributed by atoms with Gasteiger partial charge in [0.2, 0.25) is 0 Å². The Balaban J connectivity index is 1.79. The molecule has 0 radical (unpaired) electrons. The van der Waals surface area contributed by atoms with Crippen LogP contribution in [-0.2, 0) is 9.53 Å². The first-order valence-electron chi connectivity index (χ1n) is 4.92. The zero-order valence-corrected chi connectivity index (χ0v) is 7.88. The Morgan fingerprint density at radius 2 is 2.62 bits per heavy atom. The minimum absolute atomic E-state index is 0.0680. The summed E-state index contributed by atoms with van der Waals surface area (Å²) in [6.45, 7) is 2.82. The lowest BCUT2D eigenvalue weighted by molar-refractivity contribution is -0.117. The summed E-state index contributed by atoms with van der Waals surface area (Å²) in [6.07, 6.45) is 4.66. The molecule has 0 aromatic rings. The van der Waals surface area contributed by atoms with Crippen molar-refractivity contribution in [2.24, 2.45) is 5.92 Å². The second-order valence-corrected chi connectivity index (χ2v) is 3.75. The second-order valence-electron chi connectivity index (χ2n) is 3.75. The molecule has 0 bridgehead atoms. The van der Waals surface area contributed by atoms with E-state index >= 15 is 0 Å². The van der Waals surface area contributed by atoms with Gasteiger partial charge in [-0.2, -0.15) is 0 Å². The zero-order valence-electron chi connectivity index (χ0n) is 7.88. The van der Waals surface area contributed by atoms with Gasteiger partial charge < -0.3 is 10.1 Å². The highest BCUT2D eigenvalue weighted by atomic mass is 16.5. The van der Waals surface area contributed by atoms with Gasteiger partial charge in [-0.1, -0.05) is 13.3 Å². The number of rotatable bonds is 3. The lowest BCUT2D eigenvalue weighted by Gasteiger charge is -2.02. The maximum absolute atomic E-state index is 11.5. The van der Waals surface area contributed by atoms with Crippen molar-refractivity contribution in [1.82, 2.24) is 5.32 Å². The van der Waals surface area contributed by atoms with Gasteiger partial charge in [-0.15, -0.1) is 0 Å². The fraction of sp³-hybridized carbons (Fsp3) is 0.700. The standard InChI is InChI=1S/C10H15NO2/c1-2-7-5-9(7)11-10(12)8-3-4-13-6-8/h6-7,9H,2-5H2,1H3,(H,11,12). The second kappa shape index (κ2) is 3.40. The van der Waals surface area contributed by atoms with Crippen LogP contribution in [0.3, 0.4) is 0 Å². The highest BCUT2D eigenvalue weighted by Gasteiger charge is 2.37. The first-order valence-corrected chi connectivity index (χ1v) is 4.92. The van der Waals surface area contributed by atoms with E-state index in [0.29, 0.717) is 18.6 Å². The van der Waals surface area contributed by atoms with Crippen molar-refractivity contribution in [2.45, 2.75) is 32.2 Å². The van der Waals surface area contributed by atoms with Crippen molar-refractivity contribution in [1.29, 1.82) is 0 Å². The molecular weight excluding hydrogens is 166 g/mol. The van der Waals surface area contributed by atoms with E-state index in [1.54, 1.807) is 6.26 Å². The van der Waals surface area contributed by atoms with Gasteiger partial charge in [0.05, 0.1) is 18.4 Å². The predicted molar refractivity (Wildman–Crippen MR) is 49.0 cm³/mol. The summed E-state index contributed by atoms with van der Waals surface area (Å²) < 4.78 is 5.01. The van der Waals surface area contributed by atoms with E-state index in [0.717, 1.165) is 18.4 Å². The first kappa shape index (κ1) is 8.60. The molecule has 0 saturated heterocycles. The average Bonchev–Trinajstić information content (AvgIpc) is 2.68. The molecule has 2 unspecified atom stereocenters. The summed E-state index contributed by atoms with van der Waals surface area (Å²) >= 11 is 0. The molecule has 72 valence electrons. The fourth-order valence-electron chi connectivity index (χ4n) is 1.69. The third-order valence-electron chi connectivity index (χ3n) is 2.77. The van der Waals surface area contributed by atoms with Gasteiger partial charge in [0.15, 0.2) is 0 Å². The van der Waals surface area contributed by atoms with E-state index in [9.17, 15) is 4.79 Å². The molecule has 13 heavy (non-hydrogen) atoms. The quantitative estimate of drug-likeness (QED) is 0.710. The van der Waals surface area contributed by atoms with Gasteiger partial charge in [0, 0.05) is 12.5 Å². The maximum Gasteiger partial charge on any atom is 0.250 e. The van der Waals surface area contributed by atoms with Crippen LogP contribution in [0.1, 0.15) is 26.2 Å². The van der Waals surface area contributed by atoms with E-state index in [-0.39, 0.29) is 5.91 Å². The van der Waals surface area contributed by atoms with Crippen molar-refractivity contribution in [3.05, 3.63) is 11.8 Å². The molecule has 1 heterocycles. The van der Waals surface area contributed by atoms with Crippen LogP contribution in [0.15, 0.2) is 11.8 Å². The molecule has 1 aliphatic heterocycles. The van der Waals surface area contributed by atoms with Crippen LogP contribution in [0, 0.1) is 5.92 Å². The summed E-state index contributed by atoms with van der Waals surface area (Å²) in [5, 5.41) is 3.01. The first-order chi connectivity index (χ1) is 6.31. The van der Waals surface area contributed by atoms with Crippen LogP contribution in [0.4, 0.5) is 0 Å². The zero-order chi connectivity index (χ0) is 9.26. The average molecular weight is 181 g/mol. The monoisotopic (exact) mass is 181 g/mol. The van der Waals surface area contributed by atoms with E-state index < -0.39 is 0 Å². The van der Waals surface area contributed by atoms with Crippen molar-refractivity contribution in [2.75, 3.05) is 6.61 Å². The summed E-state index contributed by atoms with van der Waals surface area (Å²) in [4.78, 5) is 11.5. The molecule has 0 aromatic heterocycles. The number of amides is 1. The molecule has 2 rings (SSSR count). The summed E-state index contributed by atoms with van der Waals surface area (Å²) in [7, 11) is 0. The molecule has 1 aliphatic carbocycles. The molecule has 2 aliphatic rings. The maximum atomic E-state index is 11.5. The fourth-order valence-corrected chi connectivity index (χ4v) is 1.69. The van der Waals surface area contributed by atoms with Gasteiger partial charge in [-0.3, -0.25) is 4.79 Å². The number of nitrogens with one attached hydrogen (secondary N) is 1. The number of hydrogen-bond acceptors (Lipinski definition) is 2. The number of hydrogen-bond donors (Lipinski definition) is 1. The van der Waals surface area contributed by atoms with E-state index in [4.69, 9.17) is 4.74 Å². The molecule has 2 atom stereocenters. The third-order valence-corrected chi connectivity index (χ3v) is 2.77. The minimum atomic E-state index is 0.0680. The molecule has 3 nitrogen and oxygen atoms in total. The summed E-state index contributed by atoms with van der Waals surface area (Å²) in [6, 6.07) is 0.430. The van der Waals surface area contributed by atoms with Crippen molar-refractivity contribution in [3.8, 4) is 0 Å². The van der Waals surface area contributed by atoms with Gasteiger partial charge >= 0.3 is 0 Å².